The Hall–Kier alpha value is -1.81. The molecule has 1 atom stereocenters. The Morgan fingerprint density at radius 2 is 2.09 bits per heavy atom. The lowest BCUT2D eigenvalue weighted by Gasteiger charge is -2.20. The molecule has 1 fully saturated rings. The molecule has 1 aromatic carbocycles. The van der Waals surface area contributed by atoms with Gasteiger partial charge in [-0.05, 0) is 48.9 Å². The normalized spacial score (nSPS) is 15.8. The summed E-state index contributed by atoms with van der Waals surface area (Å²) in [4.78, 5) is 15.6. The Morgan fingerprint density at radius 1 is 1.27 bits per heavy atom. The van der Waals surface area contributed by atoms with Crippen LogP contribution in [-0.4, -0.2) is 19.0 Å². The van der Waals surface area contributed by atoms with Crippen LogP contribution in [-0.2, 0) is 11.2 Å². The van der Waals surface area contributed by atoms with Gasteiger partial charge in [-0.3, -0.25) is 4.79 Å². The van der Waals surface area contributed by atoms with Crippen molar-refractivity contribution in [1.82, 2.24) is 5.32 Å². The van der Waals surface area contributed by atoms with Gasteiger partial charge in [0, 0.05) is 23.7 Å². The van der Waals surface area contributed by atoms with Gasteiger partial charge in [0.05, 0.1) is 12.5 Å². The Morgan fingerprint density at radius 3 is 2.82 bits per heavy atom. The number of benzene rings is 1. The average Bonchev–Trinajstić information content (AvgIpc) is 3.20. The summed E-state index contributed by atoms with van der Waals surface area (Å²) in [7, 11) is 0. The summed E-state index contributed by atoms with van der Waals surface area (Å²) in [6, 6.07) is 12.6. The molecule has 0 aliphatic carbocycles. The second kappa shape index (κ2) is 6.97. The monoisotopic (exact) mass is 314 g/mol. The van der Waals surface area contributed by atoms with E-state index in [2.05, 4.69) is 41.4 Å². The highest BCUT2D eigenvalue weighted by Crippen LogP contribution is 2.24. The molecule has 1 amide bonds. The molecule has 3 nitrogen and oxygen atoms in total. The largest absolute Gasteiger partial charge is 0.372 e. The number of amides is 1. The molecule has 1 aromatic heterocycles. The molecular formula is C18H22N2OS. The lowest BCUT2D eigenvalue weighted by atomic mass is 10.1. The zero-order valence-electron chi connectivity index (χ0n) is 12.9. The number of carbonyl (C=O) groups is 1. The van der Waals surface area contributed by atoms with Crippen molar-refractivity contribution in [3.05, 3.63) is 52.2 Å². The number of hydrogen-bond acceptors (Lipinski definition) is 3. The SMILES string of the molecule is C[C@@H](NC(=O)Cc1cccs1)c1cccc(N2CCCC2)c1. The van der Waals surface area contributed by atoms with Gasteiger partial charge in [-0.1, -0.05) is 18.2 Å². The molecule has 116 valence electrons. The van der Waals surface area contributed by atoms with E-state index in [9.17, 15) is 4.79 Å². The molecule has 1 saturated heterocycles. The van der Waals surface area contributed by atoms with Crippen molar-refractivity contribution in [3.8, 4) is 0 Å². The number of nitrogens with zero attached hydrogens (tertiary/aromatic N) is 1. The van der Waals surface area contributed by atoms with Gasteiger partial charge in [-0.25, -0.2) is 0 Å². The molecule has 0 bridgehead atoms. The summed E-state index contributed by atoms with van der Waals surface area (Å²) in [5.74, 6) is 0.0847. The minimum atomic E-state index is 0.0371. The maximum Gasteiger partial charge on any atom is 0.225 e. The predicted molar refractivity (Wildman–Crippen MR) is 92.5 cm³/mol. The van der Waals surface area contributed by atoms with Crippen LogP contribution in [0.2, 0.25) is 0 Å². The third-order valence-corrected chi connectivity index (χ3v) is 5.01. The van der Waals surface area contributed by atoms with Crippen LogP contribution >= 0.6 is 11.3 Å². The molecule has 0 saturated carbocycles. The Balaban J connectivity index is 1.62. The lowest BCUT2D eigenvalue weighted by molar-refractivity contribution is -0.121. The second-order valence-corrected chi connectivity index (χ2v) is 6.87. The molecule has 4 heteroatoms. The fourth-order valence-corrected chi connectivity index (χ4v) is 3.62. The molecule has 2 aromatic rings. The number of nitrogens with one attached hydrogen (secondary N) is 1. The van der Waals surface area contributed by atoms with Crippen molar-refractivity contribution in [2.24, 2.45) is 0 Å². The standard InChI is InChI=1S/C18H22N2OS/c1-14(19-18(21)13-17-8-5-11-22-17)15-6-4-7-16(12-15)20-9-2-3-10-20/h4-8,11-12,14H,2-3,9-10,13H2,1H3,(H,19,21)/t14-/m1/s1. The summed E-state index contributed by atoms with van der Waals surface area (Å²) >= 11 is 1.63. The molecule has 0 unspecified atom stereocenters. The van der Waals surface area contributed by atoms with Crippen LogP contribution in [0, 0.1) is 0 Å². The molecule has 22 heavy (non-hydrogen) atoms. The first-order valence-electron chi connectivity index (χ1n) is 7.89. The maximum absolute atomic E-state index is 12.1. The van der Waals surface area contributed by atoms with Gasteiger partial charge < -0.3 is 10.2 Å². The number of thiophene rings is 1. The highest BCUT2D eigenvalue weighted by atomic mass is 32.1. The Labute approximate surface area is 136 Å². The van der Waals surface area contributed by atoms with Gasteiger partial charge in [0.25, 0.3) is 0 Å². The van der Waals surface area contributed by atoms with Gasteiger partial charge in [0.2, 0.25) is 5.91 Å². The zero-order valence-corrected chi connectivity index (χ0v) is 13.7. The fraction of sp³-hybridized carbons (Fsp3) is 0.389. The number of carbonyl (C=O) groups excluding carboxylic acids is 1. The molecule has 1 aliphatic heterocycles. The van der Waals surface area contributed by atoms with Gasteiger partial charge in [0.15, 0.2) is 0 Å². The van der Waals surface area contributed by atoms with Crippen molar-refractivity contribution in [1.29, 1.82) is 0 Å². The quantitative estimate of drug-likeness (QED) is 0.911. The van der Waals surface area contributed by atoms with Crippen LogP contribution in [0.25, 0.3) is 0 Å². The number of hydrogen-bond donors (Lipinski definition) is 1. The summed E-state index contributed by atoms with van der Waals surface area (Å²) in [5.41, 5.74) is 2.44. The van der Waals surface area contributed by atoms with E-state index >= 15 is 0 Å². The first kappa shape index (κ1) is 15.1. The summed E-state index contributed by atoms with van der Waals surface area (Å²) in [6.45, 7) is 4.33. The van der Waals surface area contributed by atoms with Crippen LogP contribution in [0.1, 0.15) is 36.2 Å². The van der Waals surface area contributed by atoms with E-state index in [1.54, 1.807) is 11.3 Å². The highest BCUT2D eigenvalue weighted by molar-refractivity contribution is 7.10. The van der Waals surface area contributed by atoms with Gasteiger partial charge in [0.1, 0.15) is 0 Å². The van der Waals surface area contributed by atoms with Gasteiger partial charge >= 0.3 is 0 Å². The zero-order chi connectivity index (χ0) is 15.4. The third kappa shape index (κ3) is 3.69. The van der Waals surface area contributed by atoms with E-state index in [1.165, 1.54) is 24.1 Å². The van der Waals surface area contributed by atoms with Gasteiger partial charge in [-0.15, -0.1) is 11.3 Å². The molecule has 0 radical (unpaired) electrons. The van der Waals surface area contributed by atoms with E-state index in [0.717, 1.165) is 18.0 Å². The molecule has 0 spiro atoms. The Kier molecular flexibility index (Phi) is 4.78. The highest BCUT2D eigenvalue weighted by Gasteiger charge is 2.15. The summed E-state index contributed by atoms with van der Waals surface area (Å²) in [6.07, 6.45) is 3.02. The average molecular weight is 314 g/mol. The minimum absolute atomic E-state index is 0.0371. The van der Waals surface area contributed by atoms with E-state index in [0.29, 0.717) is 6.42 Å². The second-order valence-electron chi connectivity index (χ2n) is 5.83. The van der Waals surface area contributed by atoms with E-state index in [-0.39, 0.29) is 11.9 Å². The molecule has 1 aliphatic rings. The van der Waals surface area contributed by atoms with Crippen LogP contribution in [0.15, 0.2) is 41.8 Å². The topological polar surface area (TPSA) is 32.3 Å². The first-order valence-corrected chi connectivity index (χ1v) is 8.77. The van der Waals surface area contributed by atoms with Crippen molar-refractivity contribution in [3.63, 3.8) is 0 Å². The smallest absolute Gasteiger partial charge is 0.225 e. The van der Waals surface area contributed by atoms with E-state index in [4.69, 9.17) is 0 Å². The third-order valence-electron chi connectivity index (χ3n) is 4.13. The van der Waals surface area contributed by atoms with Crippen LogP contribution in [0.4, 0.5) is 5.69 Å². The predicted octanol–water partition coefficient (Wildman–Crippen LogP) is 3.77. The first-order chi connectivity index (χ1) is 10.7. The Bertz CT molecular complexity index is 618. The van der Waals surface area contributed by atoms with Gasteiger partial charge in [-0.2, -0.15) is 0 Å². The number of rotatable bonds is 5. The van der Waals surface area contributed by atoms with Crippen LogP contribution < -0.4 is 10.2 Å². The van der Waals surface area contributed by atoms with E-state index in [1.807, 2.05) is 17.5 Å². The molecule has 2 heterocycles. The van der Waals surface area contributed by atoms with Crippen molar-refractivity contribution in [2.75, 3.05) is 18.0 Å². The van der Waals surface area contributed by atoms with Crippen molar-refractivity contribution < 1.29 is 4.79 Å². The number of anilines is 1. The molecular weight excluding hydrogens is 292 g/mol. The fourth-order valence-electron chi connectivity index (χ4n) is 2.91. The van der Waals surface area contributed by atoms with Crippen LogP contribution in [0.3, 0.4) is 0 Å². The lowest BCUT2D eigenvalue weighted by Crippen LogP contribution is -2.28. The van der Waals surface area contributed by atoms with E-state index < -0.39 is 0 Å². The van der Waals surface area contributed by atoms with Crippen molar-refractivity contribution in [2.45, 2.75) is 32.2 Å². The molecule has 3 rings (SSSR count). The summed E-state index contributed by atoms with van der Waals surface area (Å²) in [5, 5.41) is 5.11. The maximum atomic E-state index is 12.1. The minimum Gasteiger partial charge on any atom is -0.372 e. The van der Waals surface area contributed by atoms with Crippen LogP contribution in [0.5, 0.6) is 0 Å². The van der Waals surface area contributed by atoms with Crippen molar-refractivity contribution >= 4 is 22.9 Å². The molecule has 1 N–H and O–H groups in total. The summed E-state index contributed by atoms with van der Waals surface area (Å²) < 4.78 is 0.